The van der Waals surface area contributed by atoms with Crippen molar-refractivity contribution in [3.8, 4) is 0 Å². The van der Waals surface area contributed by atoms with Crippen molar-refractivity contribution in [2.45, 2.75) is 20.3 Å². The molecule has 0 fully saturated rings. The van der Waals surface area contributed by atoms with E-state index in [4.69, 9.17) is 0 Å². The third-order valence-corrected chi connectivity index (χ3v) is 5.18. The van der Waals surface area contributed by atoms with E-state index in [2.05, 4.69) is 19.2 Å². The second-order valence-corrected chi connectivity index (χ2v) is 7.23. The molecule has 0 bridgehead atoms. The molecule has 2 heterocycles. The molecule has 120 valence electrons. The quantitative estimate of drug-likeness (QED) is 0.796. The third kappa shape index (κ3) is 2.88. The Bertz CT molecular complexity index is 937. The van der Waals surface area contributed by atoms with Crippen LogP contribution < -0.4 is 10.9 Å². The number of hydrogen-bond acceptors (Lipinski definition) is 3. The van der Waals surface area contributed by atoms with Gasteiger partial charge in [-0.05, 0) is 24.5 Å². The maximum Gasteiger partial charge on any atom is 0.261 e. The number of nitrogens with zero attached hydrogens (tertiary/aromatic N) is 1. The standard InChI is InChI=1S/C18H20N2O2S/c1-11(2)8-9-19-17(21)15-10-13-16(23-15)12-6-4-5-7-14(12)20(3)18(13)22/h4-7,10-11H,8-9H2,1-3H3,(H,19,21). The van der Waals surface area contributed by atoms with Crippen LogP contribution in [0.25, 0.3) is 21.0 Å². The summed E-state index contributed by atoms with van der Waals surface area (Å²) in [5.74, 6) is 0.451. The summed E-state index contributed by atoms with van der Waals surface area (Å²) in [5, 5.41) is 4.56. The Kier molecular flexibility index (Phi) is 4.22. The number of benzene rings is 1. The number of fused-ring (bicyclic) bond motifs is 3. The van der Waals surface area contributed by atoms with Crippen LogP contribution in [0.4, 0.5) is 0 Å². The van der Waals surface area contributed by atoms with E-state index in [0.29, 0.717) is 22.7 Å². The average molecular weight is 328 g/mol. The lowest BCUT2D eigenvalue weighted by molar-refractivity contribution is 0.0956. The Hall–Kier alpha value is -2.14. The molecule has 0 aliphatic heterocycles. The molecular weight excluding hydrogens is 308 g/mol. The molecule has 0 aliphatic carbocycles. The number of thiophene rings is 1. The highest BCUT2D eigenvalue weighted by atomic mass is 32.1. The van der Waals surface area contributed by atoms with Crippen molar-refractivity contribution in [1.29, 1.82) is 0 Å². The lowest BCUT2D eigenvalue weighted by Gasteiger charge is -2.05. The summed E-state index contributed by atoms with van der Waals surface area (Å²) in [6, 6.07) is 9.51. The van der Waals surface area contributed by atoms with Gasteiger partial charge in [-0.1, -0.05) is 32.0 Å². The molecule has 0 saturated heterocycles. The lowest BCUT2D eigenvalue weighted by Crippen LogP contribution is -2.24. The number of amides is 1. The van der Waals surface area contributed by atoms with Gasteiger partial charge in [0.05, 0.1) is 15.8 Å². The monoisotopic (exact) mass is 328 g/mol. The van der Waals surface area contributed by atoms with Crippen LogP contribution in [0.15, 0.2) is 35.1 Å². The number of carbonyl (C=O) groups is 1. The number of nitrogens with one attached hydrogen (secondary N) is 1. The molecule has 23 heavy (non-hydrogen) atoms. The van der Waals surface area contributed by atoms with E-state index in [1.165, 1.54) is 11.3 Å². The van der Waals surface area contributed by atoms with Crippen LogP contribution in [-0.4, -0.2) is 17.0 Å². The minimum atomic E-state index is -0.0991. The molecular formula is C18H20N2O2S. The number of para-hydroxylation sites is 1. The van der Waals surface area contributed by atoms with Crippen molar-refractivity contribution in [3.05, 3.63) is 45.6 Å². The molecule has 5 heteroatoms. The zero-order valence-electron chi connectivity index (χ0n) is 13.6. The second-order valence-electron chi connectivity index (χ2n) is 6.17. The fourth-order valence-corrected chi connectivity index (χ4v) is 3.77. The first kappa shape index (κ1) is 15.7. The number of hydrogen-bond donors (Lipinski definition) is 1. The molecule has 1 N–H and O–H groups in total. The van der Waals surface area contributed by atoms with E-state index >= 15 is 0 Å². The molecule has 0 saturated carbocycles. The number of aryl methyl sites for hydroxylation is 1. The van der Waals surface area contributed by atoms with Crippen LogP contribution in [-0.2, 0) is 7.05 Å². The van der Waals surface area contributed by atoms with Gasteiger partial charge in [0, 0.05) is 23.7 Å². The zero-order valence-corrected chi connectivity index (χ0v) is 14.4. The van der Waals surface area contributed by atoms with Gasteiger partial charge in [0.25, 0.3) is 11.5 Å². The first-order valence-electron chi connectivity index (χ1n) is 7.78. The summed E-state index contributed by atoms with van der Waals surface area (Å²) in [6.45, 7) is 4.91. The van der Waals surface area contributed by atoms with Gasteiger partial charge in [0.1, 0.15) is 0 Å². The average Bonchev–Trinajstić information content (AvgIpc) is 2.98. The Labute approximate surface area is 138 Å². The van der Waals surface area contributed by atoms with Crippen LogP contribution >= 0.6 is 11.3 Å². The van der Waals surface area contributed by atoms with Gasteiger partial charge in [0.2, 0.25) is 0 Å². The van der Waals surface area contributed by atoms with Gasteiger partial charge >= 0.3 is 0 Å². The summed E-state index contributed by atoms with van der Waals surface area (Å²) < 4.78 is 2.53. The van der Waals surface area contributed by atoms with Crippen LogP contribution in [0, 0.1) is 5.92 Å². The largest absolute Gasteiger partial charge is 0.351 e. The van der Waals surface area contributed by atoms with Crippen molar-refractivity contribution >= 4 is 38.2 Å². The van der Waals surface area contributed by atoms with Crippen molar-refractivity contribution in [3.63, 3.8) is 0 Å². The van der Waals surface area contributed by atoms with Crippen molar-refractivity contribution in [1.82, 2.24) is 9.88 Å². The zero-order chi connectivity index (χ0) is 16.6. The molecule has 3 aromatic rings. The number of aromatic nitrogens is 1. The van der Waals surface area contributed by atoms with Gasteiger partial charge in [-0.2, -0.15) is 0 Å². The molecule has 0 aliphatic rings. The fraction of sp³-hybridized carbons (Fsp3) is 0.333. The molecule has 0 unspecified atom stereocenters. The molecule has 0 atom stereocenters. The van der Waals surface area contributed by atoms with E-state index in [1.54, 1.807) is 17.7 Å². The lowest BCUT2D eigenvalue weighted by atomic mass is 10.1. The molecule has 0 radical (unpaired) electrons. The van der Waals surface area contributed by atoms with Gasteiger partial charge in [-0.15, -0.1) is 11.3 Å². The third-order valence-electron chi connectivity index (χ3n) is 4.01. The summed E-state index contributed by atoms with van der Waals surface area (Å²) in [5.41, 5.74) is 0.829. The van der Waals surface area contributed by atoms with Crippen LogP contribution in [0.3, 0.4) is 0 Å². The normalized spacial score (nSPS) is 11.5. The van der Waals surface area contributed by atoms with Crippen LogP contribution in [0.5, 0.6) is 0 Å². The highest BCUT2D eigenvalue weighted by Gasteiger charge is 2.15. The Balaban J connectivity index is 2.05. The number of pyridine rings is 1. The minimum absolute atomic E-state index is 0.0591. The first-order chi connectivity index (χ1) is 11.0. The van der Waals surface area contributed by atoms with Gasteiger partial charge < -0.3 is 9.88 Å². The van der Waals surface area contributed by atoms with Crippen molar-refractivity contribution < 1.29 is 4.79 Å². The predicted octanol–water partition coefficient (Wildman–Crippen LogP) is 3.53. The topological polar surface area (TPSA) is 51.1 Å². The molecule has 1 aromatic carbocycles. The molecule has 0 spiro atoms. The maximum atomic E-state index is 12.5. The van der Waals surface area contributed by atoms with E-state index in [-0.39, 0.29) is 11.5 Å². The van der Waals surface area contributed by atoms with E-state index < -0.39 is 0 Å². The van der Waals surface area contributed by atoms with Gasteiger partial charge in [-0.25, -0.2) is 0 Å². The van der Waals surface area contributed by atoms with E-state index in [0.717, 1.165) is 22.0 Å². The highest BCUT2D eigenvalue weighted by molar-refractivity contribution is 7.21. The van der Waals surface area contributed by atoms with Gasteiger partial charge in [-0.3, -0.25) is 9.59 Å². The fourth-order valence-electron chi connectivity index (χ4n) is 2.67. The Morgan fingerprint density at radius 2 is 2.00 bits per heavy atom. The molecule has 3 rings (SSSR count). The van der Waals surface area contributed by atoms with Crippen molar-refractivity contribution in [2.24, 2.45) is 13.0 Å². The summed E-state index contributed by atoms with van der Waals surface area (Å²) in [4.78, 5) is 25.4. The maximum absolute atomic E-state index is 12.5. The molecule has 2 aromatic heterocycles. The number of rotatable bonds is 4. The van der Waals surface area contributed by atoms with Crippen LogP contribution in [0.1, 0.15) is 29.9 Å². The molecule has 1 amide bonds. The summed E-state index contributed by atoms with van der Waals surface area (Å²) in [7, 11) is 1.77. The van der Waals surface area contributed by atoms with E-state index in [1.807, 2.05) is 24.3 Å². The minimum Gasteiger partial charge on any atom is -0.351 e. The van der Waals surface area contributed by atoms with E-state index in [9.17, 15) is 9.59 Å². The Morgan fingerprint density at radius 3 is 2.74 bits per heavy atom. The summed E-state index contributed by atoms with van der Waals surface area (Å²) >= 11 is 1.39. The highest BCUT2D eigenvalue weighted by Crippen LogP contribution is 2.30. The van der Waals surface area contributed by atoms with Crippen molar-refractivity contribution in [2.75, 3.05) is 6.54 Å². The SMILES string of the molecule is CC(C)CCNC(=O)c1cc2c(=O)n(C)c3ccccc3c2s1. The first-order valence-corrected chi connectivity index (χ1v) is 8.60. The molecule has 4 nitrogen and oxygen atoms in total. The van der Waals surface area contributed by atoms with Gasteiger partial charge in [0.15, 0.2) is 0 Å². The smallest absolute Gasteiger partial charge is 0.261 e. The summed E-state index contributed by atoms with van der Waals surface area (Å²) in [6.07, 6.45) is 0.946. The number of carbonyl (C=O) groups excluding carboxylic acids is 1. The Morgan fingerprint density at radius 1 is 1.26 bits per heavy atom. The second kappa shape index (κ2) is 6.16. The predicted molar refractivity (Wildman–Crippen MR) is 96.4 cm³/mol. The van der Waals surface area contributed by atoms with Crippen LogP contribution in [0.2, 0.25) is 0 Å².